The Morgan fingerprint density at radius 1 is 1.17 bits per heavy atom. The predicted molar refractivity (Wildman–Crippen MR) is 84.6 cm³/mol. The van der Waals surface area contributed by atoms with Crippen LogP contribution < -0.4 is 20.7 Å². The first-order valence-electron chi connectivity index (χ1n) is 7.38. The standard InChI is InChI=1S/C15H22F2N4O2/c1-3-18-13(22)10-21-15(19-4-2)20-9-11-7-5-6-8-12(11)23-14(16)17/h5-8,14H,3-4,9-10H2,1-2H3,(H,18,22)(H2,19,20,21). The summed E-state index contributed by atoms with van der Waals surface area (Å²) in [4.78, 5) is 15.7. The van der Waals surface area contributed by atoms with Crippen molar-refractivity contribution in [2.75, 3.05) is 19.6 Å². The zero-order valence-corrected chi connectivity index (χ0v) is 13.2. The van der Waals surface area contributed by atoms with Crippen molar-refractivity contribution in [2.24, 2.45) is 4.99 Å². The van der Waals surface area contributed by atoms with Crippen molar-refractivity contribution in [2.45, 2.75) is 27.0 Å². The Morgan fingerprint density at radius 2 is 1.87 bits per heavy atom. The molecule has 0 heterocycles. The number of guanidine groups is 1. The molecule has 0 radical (unpaired) electrons. The lowest BCUT2D eigenvalue weighted by atomic mass is 10.2. The van der Waals surface area contributed by atoms with E-state index in [0.29, 0.717) is 24.6 Å². The number of nitrogens with zero attached hydrogens (tertiary/aromatic N) is 1. The van der Waals surface area contributed by atoms with Gasteiger partial charge in [-0.25, -0.2) is 4.99 Å². The van der Waals surface area contributed by atoms with Crippen molar-refractivity contribution in [3.8, 4) is 5.75 Å². The summed E-state index contributed by atoms with van der Waals surface area (Å²) in [5.41, 5.74) is 0.531. The third-order valence-corrected chi connectivity index (χ3v) is 2.73. The van der Waals surface area contributed by atoms with Gasteiger partial charge in [-0.05, 0) is 19.9 Å². The van der Waals surface area contributed by atoms with Crippen LogP contribution in [0.2, 0.25) is 0 Å². The van der Waals surface area contributed by atoms with Crippen LogP contribution in [-0.2, 0) is 11.3 Å². The molecule has 23 heavy (non-hydrogen) atoms. The van der Waals surface area contributed by atoms with E-state index in [1.165, 1.54) is 6.07 Å². The van der Waals surface area contributed by atoms with E-state index in [-0.39, 0.29) is 24.7 Å². The van der Waals surface area contributed by atoms with Crippen molar-refractivity contribution in [1.29, 1.82) is 0 Å². The van der Waals surface area contributed by atoms with Crippen LogP contribution in [0, 0.1) is 0 Å². The van der Waals surface area contributed by atoms with E-state index in [1.54, 1.807) is 18.2 Å². The maximum absolute atomic E-state index is 12.4. The van der Waals surface area contributed by atoms with Gasteiger partial charge < -0.3 is 20.7 Å². The second-order valence-electron chi connectivity index (χ2n) is 4.49. The summed E-state index contributed by atoms with van der Waals surface area (Å²) >= 11 is 0. The molecule has 0 aromatic heterocycles. The zero-order valence-electron chi connectivity index (χ0n) is 13.2. The molecule has 0 spiro atoms. The smallest absolute Gasteiger partial charge is 0.387 e. The average molecular weight is 328 g/mol. The first-order chi connectivity index (χ1) is 11.1. The molecular formula is C15H22F2N4O2. The molecule has 0 saturated carbocycles. The molecular weight excluding hydrogens is 306 g/mol. The summed E-state index contributed by atoms with van der Waals surface area (Å²) in [7, 11) is 0. The molecule has 0 aliphatic carbocycles. The normalized spacial score (nSPS) is 11.3. The number of alkyl halides is 2. The van der Waals surface area contributed by atoms with Crippen LogP contribution in [0.5, 0.6) is 5.75 Å². The Balaban J connectivity index is 2.71. The first kappa shape index (κ1) is 18.7. The molecule has 3 N–H and O–H groups in total. The van der Waals surface area contributed by atoms with Gasteiger partial charge in [0.2, 0.25) is 5.91 Å². The maximum Gasteiger partial charge on any atom is 0.387 e. The molecule has 1 amide bonds. The number of likely N-dealkylation sites (N-methyl/N-ethyl adjacent to an activating group) is 1. The summed E-state index contributed by atoms with van der Waals surface area (Å²) in [6.45, 7) is 2.21. The highest BCUT2D eigenvalue weighted by Crippen LogP contribution is 2.20. The molecule has 0 aliphatic heterocycles. The largest absolute Gasteiger partial charge is 0.434 e. The molecule has 0 fully saturated rings. The summed E-state index contributed by atoms with van der Waals surface area (Å²) in [5.74, 6) is 0.357. The van der Waals surface area contributed by atoms with Gasteiger partial charge in [-0.1, -0.05) is 18.2 Å². The summed E-state index contributed by atoms with van der Waals surface area (Å²) < 4.78 is 29.2. The Labute approximate surface area is 134 Å². The topological polar surface area (TPSA) is 74.8 Å². The third-order valence-electron chi connectivity index (χ3n) is 2.73. The van der Waals surface area contributed by atoms with Crippen molar-refractivity contribution < 1.29 is 18.3 Å². The van der Waals surface area contributed by atoms with Crippen molar-refractivity contribution >= 4 is 11.9 Å². The minimum Gasteiger partial charge on any atom is -0.434 e. The number of para-hydroxylation sites is 1. The van der Waals surface area contributed by atoms with Crippen LogP contribution >= 0.6 is 0 Å². The zero-order chi connectivity index (χ0) is 17.1. The van der Waals surface area contributed by atoms with Crippen LogP contribution in [0.15, 0.2) is 29.3 Å². The van der Waals surface area contributed by atoms with Crippen LogP contribution in [0.1, 0.15) is 19.4 Å². The van der Waals surface area contributed by atoms with Crippen molar-refractivity contribution in [1.82, 2.24) is 16.0 Å². The highest BCUT2D eigenvalue weighted by molar-refractivity contribution is 5.86. The fourth-order valence-electron chi connectivity index (χ4n) is 1.78. The Hall–Kier alpha value is -2.38. The van der Waals surface area contributed by atoms with E-state index in [9.17, 15) is 13.6 Å². The van der Waals surface area contributed by atoms with Gasteiger partial charge in [0, 0.05) is 18.7 Å². The molecule has 1 rings (SSSR count). The lowest BCUT2D eigenvalue weighted by molar-refractivity contribution is -0.119. The summed E-state index contributed by atoms with van der Waals surface area (Å²) in [5, 5.41) is 8.51. The molecule has 128 valence electrons. The molecule has 1 aromatic carbocycles. The number of rotatable bonds is 8. The molecule has 1 aromatic rings. The van der Waals surface area contributed by atoms with E-state index < -0.39 is 6.61 Å². The monoisotopic (exact) mass is 328 g/mol. The van der Waals surface area contributed by atoms with Crippen LogP contribution in [0.25, 0.3) is 0 Å². The number of hydrogen-bond acceptors (Lipinski definition) is 3. The van der Waals surface area contributed by atoms with Crippen molar-refractivity contribution in [3.63, 3.8) is 0 Å². The first-order valence-corrected chi connectivity index (χ1v) is 7.38. The number of benzene rings is 1. The highest BCUT2D eigenvalue weighted by atomic mass is 19.3. The molecule has 0 aliphatic rings. The number of hydrogen-bond donors (Lipinski definition) is 3. The predicted octanol–water partition coefficient (Wildman–Crippen LogP) is 1.48. The van der Waals surface area contributed by atoms with E-state index in [4.69, 9.17) is 0 Å². The Morgan fingerprint density at radius 3 is 2.52 bits per heavy atom. The van der Waals surface area contributed by atoms with Crippen molar-refractivity contribution in [3.05, 3.63) is 29.8 Å². The minimum atomic E-state index is -2.88. The number of carbonyl (C=O) groups excluding carboxylic acids is 1. The number of ether oxygens (including phenoxy) is 1. The Kier molecular flexibility index (Phi) is 8.41. The Bertz CT molecular complexity index is 524. The summed E-state index contributed by atoms with van der Waals surface area (Å²) in [6.07, 6.45) is 0. The molecule has 0 saturated heterocycles. The maximum atomic E-state index is 12.4. The molecule has 0 bridgehead atoms. The van der Waals surface area contributed by atoms with E-state index in [0.717, 1.165) is 0 Å². The number of halogens is 2. The second kappa shape index (κ2) is 10.4. The second-order valence-corrected chi connectivity index (χ2v) is 4.49. The molecule has 0 unspecified atom stereocenters. The van der Waals surface area contributed by atoms with Gasteiger partial charge in [0.05, 0.1) is 13.1 Å². The van der Waals surface area contributed by atoms with E-state index in [2.05, 4.69) is 25.7 Å². The van der Waals surface area contributed by atoms with Crippen LogP contribution in [-0.4, -0.2) is 38.1 Å². The molecule has 0 atom stereocenters. The fourth-order valence-corrected chi connectivity index (χ4v) is 1.78. The fraction of sp³-hybridized carbons (Fsp3) is 0.467. The molecule has 8 heteroatoms. The highest BCUT2D eigenvalue weighted by Gasteiger charge is 2.09. The summed E-state index contributed by atoms with van der Waals surface area (Å²) in [6, 6.07) is 6.46. The molecule has 6 nitrogen and oxygen atoms in total. The lowest BCUT2D eigenvalue weighted by Gasteiger charge is -2.12. The number of aliphatic imine (C=N–C) groups is 1. The van der Waals surface area contributed by atoms with E-state index in [1.807, 2.05) is 13.8 Å². The van der Waals surface area contributed by atoms with Crippen LogP contribution in [0.4, 0.5) is 8.78 Å². The SMILES string of the molecule is CCNC(=O)CNC(=NCc1ccccc1OC(F)F)NCC. The average Bonchev–Trinajstić information content (AvgIpc) is 2.51. The van der Waals surface area contributed by atoms with Gasteiger partial charge >= 0.3 is 6.61 Å². The third kappa shape index (κ3) is 7.44. The van der Waals surface area contributed by atoms with Crippen LogP contribution in [0.3, 0.4) is 0 Å². The van der Waals surface area contributed by atoms with Gasteiger partial charge in [-0.15, -0.1) is 0 Å². The number of amides is 1. The van der Waals surface area contributed by atoms with Gasteiger partial charge in [0.15, 0.2) is 5.96 Å². The number of carbonyl (C=O) groups is 1. The van der Waals surface area contributed by atoms with E-state index >= 15 is 0 Å². The van der Waals surface area contributed by atoms with Gasteiger partial charge in [-0.3, -0.25) is 4.79 Å². The minimum absolute atomic E-state index is 0.0782. The quantitative estimate of drug-likeness (QED) is 0.499. The van der Waals surface area contributed by atoms with Gasteiger partial charge in [0.1, 0.15) is 5.75 Å². The van der Waals surface area contributed by atoms with Gasteiger partial charge in [0.25, 0.3) is 0 Å². The lowest BCUT2D eigenvalue weighted by Crippen LogP contribution is -2.43. The number of nitrogens with one attached hydrogen (secondary N) is 3. The van der Waals surface area contributed by atoms with Gasteiger partial charge in [-0.2, -0.15) is 8.78 Å².